The number of nitrogens with one attached hydrogen (secondary N) is 2. The van der Waals surface area contributed by atoms with Crippen molar-refractivity contribution in [2.24, 2.45) is 0 Å². The summed E-state index contributed by atoms with van der Waals surface area (Å²) < 4.78 is 31.7. The SMILES string of the molecule is COC1(C(=O)NCc2ccc(F)cc2F)CCNCC1. The van der Waals surface area contributed by atoms with E-state index >= 15 is 0 Å². The Bertz CT molecular complexity index is 488. The van der Waals surface area contributed by atoms with E-state index in [1.807, 2.05) is 0 Å². The van der Waals surface area contributed by atoms with Gasteiger partial charge in [0.15, 0.2) is 0 Å². The van der Waals surface area contributed by atoms with Gasteiger partial charge >= 0.3 is 0 Å². The summed E-state index contributed by atoms with van der Waals surface area (Å²) in [6.45, 7) is 1.42. The summed E-state index contributed by atoms with van der Waals surface area (Å²) in [5, 5.41) is 5.82. The first-order chi connectivity index (χ1) is 9.57. The number of piperidine rings is 1. The van der Waals surface area contributed by atoms with Gasteiger partial charge in [0.25, 0.3) is 5.91 Å². The summed E-state index contributed by atoms with van der Waals surface area (Å²) in [7, 11) is 1.50. The highest BCUT2D eigenvalue weighted by Gasteiger charge is 2.39. The van der Waals surface area contributed by atoms with Gasteiger partial charge in [0.2, 0.25) is 0 Å². The molecule has 6 heteroatoms. The fourth-order valence-electron chi connectivity index (χ4n) is 2.36. The van der Waals surface area contributed by atoms with E-state index in [0.29, 0.717) is 25.9 Å². The fraction of sp³-hybridized carbons (Fsp3) is 0.500. The number of hydrogen-bond donors (Lipinski definition) is 2. The first-order valence-corrected chi connectivity index (χ1v) is 6.55. The van der Waals surface area contributed by atoms with Gasteiger partial charge in [-0.1, -0.05) is 6.07 Å². The number of rotatable bonds is 4. The van der Waals surface area contributed by atoms with Crippen molar-refractivity contribution in [3.05, 3.63) is 35.4 Å². The van der Waals surface area contributed by atoms with Crippen LogP contribution in [0.15, 0.2) is 18.2 Å². The maximum Gasteiger partial charge on any atom is 0.252 e. The molecule has 1 aliphatic rings. The molecule has 0 aliphatic carbocycles. The predicted octanol–water partition coefficient (Wildman–Crippen LogP) is 1.35. The number of methoxy groups -OCH3 is 1. The van der Waals surface area contributed by atoms with Crippen LogP contribution in [0.4, 0.5) is 8.78 Å². The molecule has 0 unspecified atom stereocenters. The van der Waals surface area contributed by atoms with Crippen molar-refractivity contribution in [3.63, 3.8) is 0 Å². The number of amides is 1. The van der Waals surface area contributed by atoms with E-state index in [1.54, 1.807) is 0 Å². The molecule has 0 aromatic heterocycles. The first kappa shape index (κ1) is 14.9. The zero-order chi connectivity index (χ0) is 14.6. The van der Waals surface area contributed by atoms with Crippen LogP contribution in [0.5, 0.6) is 0 Å². The van der Waals surface area contributed by atoms with E-state index in [-0.39, 0.29) is 18.0 Å². The number of halogens is 2. The quantitative estimate of drug-likeness (QED) is 0.877. The first-order valence-electron chi connectivity index (χ1n) is 6.55. The number of carbonyl (C=O) groups excluding carboxylic acids is 1. The summed E-state index contributed by atoms with van der Waals surface area (Å²) >= 11 is 0. The Morgan fingerprint density at radius 1 is 1.40 bits per heavy atom. The smallest absolute Gasteiger partial charge is 0.252 e. The Morgan fingerprint density at radius 3 is 2.70 bits per heavy atom. The molecule has 1 aromatic rings. The standard InChI is InChI=1S/C14H18F2N2O2/c1-20-14(4-6-17-7-5-14)13(19)18-9-10-2-3-11(15)8-12(10)16/h2-3,8,17H,4-7,9H2,1H3,(H,18,19). The van der Waals surface area contributed by atoms with Gasteiger partial charge in [0.05, 0.1) is 0 Å². The third kappa shape index (κ3) is 3.13. The lowest BCUT2D eigenvalue weighted by atomic mass is 9.91. The minimum absolute atomic E-state index is 0.0173. The van der Waals surface area contributed by atoms with E-state index in [0.717, 1.165) is 6.07 Å². The molecule has 2 N–H and O–H groups in total. The van der Waals surface area contributed by atoms with Crippen LogP contribution in [-0.4, -0.2) is 31.7 Å². The molecule has 0 atom stereocenters. The molecule has 1 saturated heterocycles. The highest BCUT2D eigenvalue weighted by Crippen LogP contribution is 2.22. The van der Waals surface area contributed by atoms with Gasteiger partial charge in [-0.3, -0.25) is 4.79 Å². The Balaban J connectivity index is 2.00. The second kappa shape index (κ2) is 6.28. The number of benzene rings is 1. The van der Waals surface area contributed by atoms with Gasteiger partial charge in [-0.25, -0.2) is 8.78 Å². The van der Waals surface area contributed by atoms with Crippen molar-refractivity contribution in [2.75, 3.05) is 20.2 Å². The highest BCUT2D eigenvalue weighted by atomic mass is 19.1. The van der Waals surface area contributed by atoms with Gasteiger partial charge in [-0.2, -0.15) is 0 Å². The molecular weight excluding hydrogens is 266 g/mol. The molecule has 20 heavy (non-hydrogen) atoms. The third-order valence-electron chi connectivity index (χ3n) is 3.67. The van der Waals surface area contributed by atoms with Crippen molar-refractivity contribution in [2.45, 2.75) is 25.0 Å². The molecule has 1 fully saturated rings. The monoisotopic (exact) mass is 284 g/mol. The van der Waals surface area contributed by atoms with Crippen molar-refractivity contribution in [1.82, 2.24) is 10.6 Å². The summed E-state index contributed by atoms with van der Waals surface area (Å²) in [6.07, 6.45) is 1.14. The van der Waals surface area contributed by atoms with Gasteiger partial charge in [-0.15, -0.1) is 0 Å². The van der Waals surface area contributed by atoms with Crippen LogP contribution in [0, 0.1) is 11.6 Å². The van der Waals surface area contributed by atoms with E-state index in [9.17, 15) is 13.6 Å². The number of ether oxygens (including phenoxy) is 1. The van der Waals surface area contributed by atoms with Crippen LogP contribution in [0.1, 0.15) is 18.4 Å². The lowest BCUT2D eigenvalue weighted by Crippen LogP contribution is -2.54. The minimum atomic E-state index is -0.859. The van der Waals surface area contributed by atoms with Gasteiger partial charge in [-0.05, 0) is 32.0 Å². The average Bonchev–Trinajstić information content (AvgIpc) is 2.46. The molecule has 0 spiro atoms. The van der Waals surface area contributed by atoms with E-state index in [2.05, 4.69) is 10.6 Å². The maximum absolute atomic E-state index is 13.5. The van der Waals surface area contributed by atoms with Crippen molar-refractivity contribution in [1.29, 1.82) is 0 Å². The molecule has 0 bridgehead atoms. The number of hydrogen-bond acceptors (Lipinski definition) is 3. The van der Waals surface area contributed by atoms with Gasteiger partial charge in [0, 0.05) is 25.3 Å². The average molecular weight is 284 g/mol. The largest absolute Gasteiger partial charge is 0.368 e. The van der Waals surface area contributed by atoms with Crippen LogP contribution in [0.2, 0.25) is 0 Å². The lowest BCUT2D eigenvalue weighted by Gasteiger charge is -2.34. The molecular formula is C14H18F2N2O2. The lowest BCUT2D eigenvalue weighted by molar-refractivity contribution is -0.146. The van der Waals surface area contributed by atoms with Crippen LogP contribution in [0.25, 0.3) is 0 Å². The van der Waals surface area contributed by atoms with E-state index < -0.39 is 17.2 Å². The summed E-state index contributed by atoms with van der Waals surface area (Å²) in [5.41, 5.74) is -0.609. The number of carbonyl (C=O) groups is 1. The molecule has 4 nitrogen and oxygen atoms in total. The van der Waals surface area contributed by atoms with E-state index in [1.165, 1.54) is 19.2 Å². The van der Waals surface area contributed by atoms with Crippen LogP contribution in [0.3, 0.4) is 0 Å². The highest BCUT2D eigenvalue weighted by molar-refractivity contribution is 5.85. The van der Waals surface area contributed by atoms with Crippen molar-refractivity contribution in [3.8, 4) is 0 Å². The zero-order valence-corrected chi connectivity index (χ0v) is 11.3. The summed E-state index contributed by atoms with van der Waals surface area (Å²) in [5.74, 6) is -1.56. The fourth-order valence-corrected chi connectivity index (χ4v) is 2.36. The molecule has 0 saturated carbocycles. The second-order valence-corrected chi connectivity index (χ2v) is 4.87. The molecule has 1 aromatic carbocycles. The van der Waals surface area contributed by atoms with Crippen LogP contribution >= 0.6 is 0 Å². The van der Waals surface area contributed by atoms with Gasteiger partial charge in [0.1, 0.15) is 17.2 Å². The predicted molar refractivity (Wildman–Crippen MR) is 70.0 cm³/mol. The van der Waals surface area contributed by atoms with Crippen molar-refractivity contribution >= 4 is 5.91 Å². The summed E-state index contributed by atoms with van der Waals surface area (Å²) in [4.78, 5) is 12.2. The second-order valence-electron chi connectivity index (χ2n) is 4.87. The zero-order valence-electron chi connectivity index (χ0n) is 11.3. The Kier molecular flexibility index (Phi) is 4.67. The minimum Gasteiger partial charge on any atom is -0.368 e. The normalized spacial score (nSPS) is 17.8. The van der Waals surface area contributed by atoms with Crippen LogP contribution in [-0.2, 0) is 16.1 Å². The molecule has 110 valence electrons. The Labute approximate surface area is 116 Å². The molecule has 0 radical (unpaired) electrons. The molecule has 1 amide bonds. The molecule has 2 rings (SSSR count). The van der Waals surface area contributed by atoms with Gasteiger partial charge < -0.3 is 15.4 Å². The molecule has 1 aliphatic heterocycles. The van der Waals surface area contributed by atoms with Crippen LogP contribution < -0.4 is 10.6 Å². The van der Waals surface area contributed by atoms with Crippen molar-refractivity contribution < 1.29 is 18.3 Å². The Hall–Kier alpha value is -1.53. The Morgan fingerprint density at radius 2 is 2.10 bits per heavy atom. The topological polar surface area (TPSA) is 50.4 Å². The molecule has 1 heterocycles. The third-order valence-corrected chi connectivity index (χ3v) is 3.67. The summed E-state index contributed by atoms with van der Waals surface area (Å²) in [6, 6.07) is 3.30. The maximum atomic E-state index is 13.5. The van der Waals surface area contributed by atoms with E-state index in [4.69, 9.17) is 4.74 Å².